The first-order valence-electron chi connectivity index (χ1n) is 5.39. The van der Waals surface area contributed by atoms with Gasteiger partial charge in [0.2, 0.25) is 0 Å². The number of benzene rings is 1. The van der Waals surface area contributed by atoms with E-state index in [1.807, 2.05) is 13.1 Å². The van der Waals surface area contributed by atoms with E-state index in [0.29, 0.717) is 18.0 Å². The summed E-state index contributed by atoms with van der Waals surface area (Å²) in [5, 5.41) is 8.74. The fraction of sp³-hybridized carbons (Fsp3) is 0.462. The molecule has 0 unspecified atom stereocenters. The minimum atomic E-state index is -0.341. The number of nitriles is 1. The molecule has 1 rings (SSSR count). The molecule has 0 aliphatic rings. The van der Waals surface area contributed by atoms with Gasteiger partial charge in [-0.1, -0.05) is 13.8 Å². The zero-order chi connectivity index (χ0) is 12.1. The molecule has 0 saturated heterocycles. The number of rotatable bonds is 4. The summed E-state index contributed by atoms with van der Waals surface area (Å²) in [7, 11) is 2.00. The van der Waals surface area contributed by atoms with E-state index in [1.165, 1.54) is 12.1 Å². The summed E-state index contributed by atoms with van der Waals surface area (Å²) < 4.78 is 13.2. The molecule has 2 nitrogen and oxygen atoms in total. The van der Waals surface area contributed by atoms with Crippen LogP contribution in [0.5, 0.6) is 0 Å². The van der Waals surface area contributed by atoms with Gasteiger partial charge in [-0.2, -0.15) is 5.26 Å². The van der Waals surface area contributed by atoms with Gasteiger partial charge in [0.05, 0.1) is 11.6 Å². The largest absolute Gasteiger partial charge is 0.302 e. The molecule has 0 heterocycles. The predicted molar refractivity (Wildman–Crippen MR) is 62.3 cm³/mol. The summed E-state index contributed by atoms with van der Waals surface area (Å²) in [6.45, 7) is 5.91. The van der Waals surface area contributed by atoms with Crippen LogP contribution in [0.2, 0.25) is 0 Å². The Kier molecular flexibility index (Phi) is 4.45. The van der Waals surface area contributed by atoms with Crippen molar-refractivity contribution < 1.29 is 4.39 Å². The second-order valence-corrected chi connectivity index (χ2v) is 4.55. The first-order valence-corrected chi connectivity index (χ1v) is 5.39. The monoisotopic (exact) mass is 220 g/mol. The third-order valence-electron chi connectivity index (χ3n) is 2.22. The van der Waals surface area contributed by atoms with Gasteiger partial charge in [-0.05, 0) is 36.7 Å². The molecule has 16 heavy (non-hydrogen) atoms. The molecule has 0 saturated carbocycles. The Hall–Kier alpha value is -1.40. The minimum absolute atomic E-state index is 0.341. The second-order valence-electron chi connectivity index (χ2n) is 4.55. The van der Waals surface area contributed by atoms with Crippen LogP contribution in [0.3, 0.4) is 0 Å². The number of nitrogens with zero attached hydrogens (tertiary/aromatic N) is 2. The van der Waals surface area contributed by atoms with Gasteiger partial charge in [-0.15, -0.1) is 0 Å². The first-order chi connectivity index (χ1) is 7.51. The zero-order valence-corrected chi connectivity index (χ0v) is 10.00. The van der Waals surface area contributed by atoms with Gasteiger partial charge in [-0.25, -0.2) is 4.39 Å². The fourth-order valence-electron chi connectivity index (χ4n) is 1.81. The van der Waals surface area contributed by atoms with Crippen molar-refractivity contribution in [3.8, 4) is 6.07 Å². The highest BCUT2D eigenvalue weighted by Crippen LogP contribution is 2.11. The van der Waals surface area contributed by atoms with Gasteiger partial charge in [0.1, 0.15) is 5.82 Å². The van der Waals surface area contributed by atoms with Crippen LogP contribution in [0.15, 0.2) is 18.2 Å². The van der Waals surface area contributed by atoms with Gasteiger partial charge in [0.15, 0.2) is 0 Å². The summed E-state index contributed by atoms with van der Waals surface area (Å²) in [6, 6.07) is 6.44. The molecule has 1 aromatic carbocycles. The molecule has 0 aliphatic heterocycles. The highest BCUT2D eigenvalue weighted by atomic mass is 19.1. The van der Waals surface area contributed by atoms with Crippen LogP contribution in [0.4, 0.5) is 4.39 Å². The topological polar surface area (TPSA) is 27.0 Å². The van der Waals surface area contributed by atoms with Crippen LogP contribution in [-0.4, -0.2) is 18.5 Å². The standard InChI is InChI=1S/C13H17FN2/c1-10(2)8-16(3)9-12-4-11(7-15)5-13(14)6-12/h4-6,10H,8-9H2,1-3H3. The smallest absolute Gasteiger partial charge is 0.124 e. The maximum atomic E-state index is 13.2. The Morgan fingerprint density at radius 3 is 2.62 bits per heavy atom. The molecule has 0 aliphatic carbocycles. The van der Waals surface area contributed by atoms with E-state index < -0.39 is 0 Å². The lowest BCUT2D eigenvalue weighted by molar-refractivity contribution is 0.288. The van der Waals surface area contributed by atoms with Gasteiger partial charge in [0.25, 0.3) is 0 Å². The number of hydrogen-bond acceptors (Lipinski definition) is 2. The maximum Gasteiger partial charge on any atom is 0.124 e. The summed E-state index contributed by atoms with van der Waals surface area (Å²) in [5.74, 6) is 0.237. The van der Waals surface area contributed by atoms with Gasteiger partial charge >= 0.3 is 0 Å². The van der Waals surface area contributed by atoms with E-state index in [-0.39, 0.29) is 5.82 Å². The molecule has 0 radical (unpaired) electrons. The quantitative estimate of drug-likeness (QED) is 0.780. The number of halogens is 1. The van der Waals surface area contributed by atoms with Crippen LogP contribution < -0.4 is 0 Å². The van der Waals surface area contributed by atoms with Crippen LogP contribution in [0, 0.1) is 23.1 Å². The third-order valence-corrected chi connectivity index (χ3v) is 2.22. The average Bonchev–Trinajstić information content (AvgIpc) is 2.14. The van der Waals surface area contributed by atoms with Crippen molar-refractivity contribution in [1.29, 1.82) is 5.26 Å². The third kappa shape index (κ3) is 4.00. The van der Waals surface area contributed by atoms with E-state index in [4.69, 9.17) is 5.26 Å². The normalized spacial score (nSPS) is 10.8. The molecule has 0 fully saturated rings. The SMILES string of the molecule is CC(C)CN(C)Cc1cc(F)cc(C#N)c1. The molecule has 86 valence electrons. The molecule has 0 aromatic heterocycles. The molecule has 0 bridgehead atoms. The van der Waals surface area contributed by atoms with Crippen molar-refractivity contribution in [3.05, 3.63) is 35.1 Å². The predicted octanol–water partition coefficient (Wildman–Crippen LogP) is 2.79. The van der Waals surface area contributed by atoms with E-state index >= 15 is 0 Å². The highest BCUT2D eigenvalue weighted by Gasteiger charge is 2.05. The lowest BCUT2D eigenvalue weighted by atomic mass is 10.1. The Bertz CT molecular complexity index is 393. The molecule has 0 spiro atoms. The molecule has 0 amide bonds. The molecule has 0 N–H and O–H groups in total. The van der Waals surface area contributed by atoms with Crippen molar-refractivity contribution in [2.24, 2.45) is 5.92 Å². The van der Waals surface area contributed by atoms with Gasteiger partial charge in [-0.3, -0.25) is 0 Å². The zero-order valence-electron chi connectivity index (χ0n) is 10.00. The van der Waals surface area contributed by atoms with E-state index in [9.17, 15) is 4.39 Å². The van der Waals surface area contributed by atoms with Crippen LogP contribution in [-0.2, 0) is 6.54 Å². The van der Waals surface area contributed by atoms with Crippen molar-refractivity contribution in [3.63, 3.8) is 0 Å². The Morgan fingerprint density at radius 2 is 2.06 bits per heavy atom. The molecule has 3 heteroatoms. The molecular weight excluding hydrogens is 203 g/mol. The van der Waals surface area contributed by atoms with Crippen LogP contribution >= 0.6 is 0 Å². The van der Waals surface area contributed by atoms with Crippen molar-refractivity contribution in [1.82, 2.24) is 4.90 Å². The summed E-state index contributed by atoms with van der Waals surface area (Å²) >= 11 is 0. The lowest BCUT2D eigenvalue weighted by Crippen LogP contribution is -2.22. The second kappa shape index (κ2) is 5.62. The van der Waals surface area contributed by atoms with Crippen LogP contribution in [0.1, 0.15) is 25.0 Å². The first kappa shape index (κ1) is 12.7. The Morgan fingerprint density at radius 1 is 1.38 bits per heavy atom. The fourth-order valence-corrected chi connectivity index (χ4v) is 1.81. The lowest BCUT2D eigenvalue weighted by Gasteiger charge is -2.19. The van der Waals surface area contributed by atoms with E-state index in [2.05, 4.69) is 18.7 Å². The highest BCUT2D eigenvalue weighted by molar-refractivity contribution is 5.33. The van der Waals surface area contributed by atoms with E-state index in [1.54, 1.807) is 6.07 Å². The Balaban J connectivity index is 2.74. The number of hydrogen-bond donors (Lipinski definition) is 0. The van der Waals surface area contributed by atoms with E-state index in [0.717, 1.165) is 12.1 Å². The van der Waals surface area contributed by atoms with Crippen LogP contribution in [0.25, 0.3) is 0 Å². The molecule has 1 aromatic rings. The van der Waals surface area contributed by atoms with Crippen molar-refractivity contribution in [2.75, 3.05) is 13.6 Å². The van der Waals surface area contributed by atoms with Gasteiger partial charge < -0.3 is 4.90 Å². The summed E-state index contributed by atoms with van der Waals surface area (Å²) in [4.78, 5) is 2.13. The maximum absolute atomic E-state index is 13.2. The van der Waals surface area contributed by atoms with Gasteiger partial charge in [0, 0.05) is 13.1 Å². The summed E-state index contributed by atoms with van der Waals surface area (Å²) in [6.07, 6.45) is 0. The molecule has 0 atom stereocenters. The molecular formula is C13H17FN2. The van der Waals surface area contributed by atoms with Crippen molar-refractivity contribution in [2.45, 2.75) is 20.4 Å². The van der Waals surface area contributed by atoms with Crippen molar-refractivity contribution >= 4 is 0 Å². The summed E-state index contributed by atoms with van der Waals surface area (Å²) in [5.41, 5.74) is 1.23. The Labute approximate surface area is 96.3 Å². The minimum Gasteiger partial charge on any atom is -0.302 e. The average molecular weight is 220 g/mol.